The molecule has 0 unspecified atom stereocenters. The highest BCUT2D eigenvalue weighted by atomic mass is 32.2. The number of fused-ring (bicyclic) bond motifs is 1. The summed E-state index contributed by atoms with van der Waals surface area (Å²) in [5.41, 5.74) is 2.46. The fourth-order valence-electron chi connectivity index (χ4n) is 3.49. The molecule has 1 heterocycles. The SMILES string of the molecule is Cc1cc(C)cc(S(=O)(=O)Nc2c(NCc3ccccc3)c3ccccc3oc2=O)c1. The number of anilines is 2. The standard InChI is InChI=1S/C24H22N2O4S/c1-16-12-17(2)14-19(13-16)31(28,29)26-23-22(25-15-18-8-4-3-5-9-18)20-10-6-7-11-21(20)30-24(23)27/h3-14,25-26H,15H2,1-2H3. The maximum Gasteiger partial charge on any atom is 0.363 e. The highest BCUT2D eigenvalue weighted by Gasteiger charge is 2.22. The first-order valence-electron chi connectivity index (χ1n) is 9.78. The molecule has 6 nitrogen and oxygen atoms in total. The third kappa shape index (κ3) is 4.46. The summed E-state index contributed by atoms with van der Waals surface area (Å²) in [6.07, 6.45) is 0. The predicted molar refractivity (Wildman–Crippen MR) is 123 cm³/mol. The second kappa shape index (κ2) is 8.28. The van der Waals surface area contributed by atoms with Gasteiger partial charge in [0, 0.05) is 11.9 Å². The minimum absolute atomic E-state index is 0.0894. The molecule has 0 bridgehead atoms. The largest absolute Gasteiger partial charge is 0.421 e. The van der Waals surface area contributed by atoms with Crippen molar-refractivity contribution >= 4 is 32.4 Å². The van der Waals surface area contributed by atoms with Crippen LogP contribution in [0.4, 0.5) is 11.4 Å². The Kier molecular flexibility index (Phi) is 5.52. The number of hydrogen-bond acceptors (Lipinski definition) is 5. The summed E-state index contributed by atoms with van der Waals surface area (Å²) in [5.74, 6) is 0. The van der Waals surface area contributed by atoms with Gasteiger partial charge in [-0.2, -0.15) is 0 Å². The lowest BCUT2D eigenvalue weighted by molar-refractivity contribution is 0.563. The minimum atomic E-state index is -4.00. The Morgan fingerprint density at radius 2 is 1.48 bits per heavy atom. The molecule has 0 fully saturated rings. The Morgan fingerprint density at radius 3 is 2.19 bits per heavy atom. The van der Waals surface area contributed by atoms with Crippen LogP contribution in [0, 0.1) is 13.8 Å². The van der Waals surface area contributed by atoms with E-state index >= 15 is 0 Å². The summed E-state index contributed by atoms with van der Waals surface area (Å²) < 4.78 is 34.1. The van der Waals surface area contributed by atoms with Gasteiger partial charge in [-0.1, -0.05) is 48.5 Å². The van der Waals surface area contributed by atoms with E-state index in [9.17, 15) is 13.2 Å². The molecule has 4 rings (SSSR count). The Hall–Kier alpha value is -3.58. The highest BCUT2D eigenvalue weighted by molar-refractivity contribution is 7.92. The molecule has 0 aliphatic rings. The molecule has 158 valence electrons. The second-order valence-corrected chi connectivity index (χ2v) is 9.09. The van der Waals surface area contributed by atoms with Crippen LogP contribution in [-0.2, 0) is 16.6 Å². The molecule has 1 aromatic heterocycles. The van der Waals surface area contributed by atoms with Gasteiger partial charge in [0.1, 0.15) is 5.58 Å². The molecule has 0 radical (unpaired) electrons. The monoisotopic (exact) mass is 434 g/mol. The van der Waals surface area contributed by atoms with Crippen LogP contribution in [-0.4, -0.2) is 8.42 Å². The average molecular weight is 435 g/mol. The number of aryl methyl sites for hydroxylation is 2. The summed E-state index contributed by atoms with van der Waals surface area (Å²) in [6.45, 7) is 4.05. The molecule has 0 saturated carbocycles. The maximum absolute atomic E-state index is 13.1. The zero-order valence-electron chi connectivity index (χ0n) is 17.2. The third-order valence-corrected chi connectivity index (χ3v) is 6.20. The topological polar surface area (TPSA) is 88.4 Å². The van der Waals surface area contributed by atoms with Crippen LogP contribution in [0.15, 0.2) is 86.9 Å². The Morgan fingerprint density at radius 1 is 0.839 bits per heavy atom. The number of para-hydroxylation sites is 1. The lowest BCUT2D eigenvalue weighted by atomic mass is 10.1. The molecule has 0 spiro atoms. The lowest BCUT2D eigenvalue weighted by Crippen LogP contribution is -2.21. The molecule has 31 heavy (non-hydrogen) atoms. The van der Waals surface area contributed by atoms with Crippen molar-refractivity contribution in [2.45, 2.75) is 25.3 Å². The minimum Gasteiger partial charge on any atom is -0.421 e. The molecule has 0 aliphatic heterocycles. The number of rotatable bonds is 6. The molecular weight excluding hydrogens is 412 g/mol. The van der Waals surface area contributed by atoms with E-state index in [0.29, 0.717) is 23.2 Å². The van der Waals surface area contributed by atoms with Crippen LogP contribution < -0.4 is 15.7 Å². The van der Waals surface area contributed by atoms with Crippen LogP contribution in [0.3, 0.4) is 0 Å². The number of sulfonamides is 1. The molecule has 4 aromatic rings. The molecule has 0 aliphatic carbocycles. The number of nitrogens with one attached hydrogen (secondary N) is 2. The molecule has 0 amide bonds. The lowest BCUT2D eigenvalue weighted by Gasteiger charge is -2.16. The number of hydrogen-bond donors (Lipinski definition) is 2. The van der Waals surface area contributed by atoms with Gasteiger partial charge in [0.05, 0.1) is 10.6 Å². The molecule has 3 aromatic carbocycles. The molecule has 7 heteroatoms. The van der Waals surface area contributed by atoms with E-state index in [4.69, 9.17) is 4.42 Å². The van der Waals surface area contributed by atoms with Crippen LogP contribution in [0.2, 0.25) is 0 Å². The first-order chi connectivity index (χ1) is 14.8. The second-order valence-electron chi connectivity index (χ2n) is 7.40. The summed E-state index contributed by atoms with van der Waals surface area (Å²) in [4.78, 5) is 12.9. The van der Waals surface area contributed by atoms with Crippen LogP contribution in [0.5, 0.6) is 0 Å². The third-order valence-electron chi connectivity index (χ3n) is 4.87. The van der Waals surface area contributed by atoms with E-state index in [-0.39, 0.29) is 10.6 Å². The molecule has 2 N–H and O–H groups in total. The van der Waals surface area contributed by atoms with Gasteiger partial charge in [-0.05, 0) is 54.8 Å². The van der Waals surface area contributed by atoms with Crippen LogP contribution in [0.25, 0.3) is 11.0 Å². The highest BCUT2D eigenvalue weighted by Crippen LogP contribution is 2.31. The van der Waals surface area contributed by atoms with Crippen molar-refractivity contribution in [1.82, 2.24) is 0 Å². The fraction of sp³-hybridized carbons (Fsp3) is 0.125. The molecule has 0 atom stereocenters. The first kappa shape index (κ1) is 20.7. The van der Waals surface area contributed by atoms with Gasteiger partial charge < -0.3 is 9.73 Å². The van der Waals surface area contributed by atoms with Crippen LogP contribution >= 0.6 is 0 Å². The van der Waals surface area contributed by atoms with E-state index < -0.39 is 15.6 Å². The quantitative estimate of drug-likeness (QED) is 0.425. The fourth-order valence-corrected chi connectivity index (χ4v) is 4.75. The van der Waals surface area contributed by atoms with E-state index in [2.05, 4.69) is 10.0 Å². The molecule has 0 saturated heterocycles. The Bertz CT molecular complexity index is 1390. The van der Waals surface area contributed by atoms with E-state index in [1.54, 1.807) is 36.4 Å². The van der Waals surface area contributed by atoms with Gasteiger partial charge in [0.2, 0.25) is 0 Å². The van der Waals surface area contributed by atoms with Crippen molar-refractivity contribution in [2.24, 2.45) is 0 Å². The van der Waals surface area contributed by atoms with Gasteiger partial charge in [-0.3, -0.25) is 4.72 Å². The van der Waals surface area contributed by atoms with Crippen molar-refractivity contribution in [2.75, 3.05) is 10.0 Å². The Labute approximate surface area is 180 Å². The van der Waals surface area contributed by atoms with E-state index in [0.717, 1.165) is 16.7 Å². The molecular formula is C24H22N2O4S. The summed E-state index contributed by atoms with van der Waals surface area (Å²) >= 11 is 0. The van der Waals surface area contributed by atoms with E-state index in [1.807, 2.05) is 50.2 Å². The van der Waals surface area contributed by atoms with Gasteiger partial charge in [-0.15, -0.1) is 0 Å². The van der Waals surface area contributed by atoms with Crippen molar-refractivity contribution in [3.8, 4) is 0 Å². The maximum atomic E-state index is 13.1. The number of benzene rings is 3. The van der Waals surface area contributed by atoms with Gasteiger partial charge in [0.15, 0.2) is 5.69 Å². The van der Waals surface area contributed by atoms with E-state index in [1.165, 1.54) is 0 Å². The van der Waals surface area contributed by atoms with Crippen molar-refractivity contribution in [1.29, 1.82) is 0 Å². The normalized spacial score (nSPS) is 11.4. The predicted octanol–water partition coefficient (Wildman–Crippen LogP) is 4.82. The van der Waals surface area contributed by atoms with Crippen molar-refractivity contribution in [3.05, 3.63) is 99.9 Å². The van der Waals surface area contributed by atoms with Crippen molar-refractivity contribution < 1.29 is 12.8 Å². The van der Waals surface area contributed by atoms with Gasteiger partial charge in [0.25, 0.3) is 10.0 Å². The average Bonchev–Trinajstić information content (AvgIpc) is 2.73. The van der Waals surface area contributed by atoms with Crippen molar-refractivity contribution in [3.63, 3.8) is 0 Å². The smallest absolute Gasteiger partial charge is 0.363 e. The van der Waals surface area contributed by atoms with Gasteiger partial charge in [-0.25, -0.2) is 13.2 Å². The summed E-state index contributed by atoms with van der Waals surface area (Å²) in [7, 11) is -4.00. The van der Waals surface area contributed by atoms with Crippen LogP contribution in [0.1, 0.15) is 16.7 Å². The zero-order chi connectivity index (χ0) is 22.0. The first-order valence-corrected chi connectivity index (χ1v) is 11.3. The van der Waals surface area contributed by atoms with Gasteiger partial charge >= 0.3 is 5.63 Å². The zero-order valence-corrected chi connectivity index (χ0v) is 18.0. The summed E-state index contributed by atoms with van der Waals surface area (Å²) in [6, 6.07) is 21.7. The Balaban J connectivity index is 1.81. The summed E-state index contributed by atoms with van der Waals surface area (Å²) in [5, 5.41) is 3.83.